The molecule has 3 rings (SSSR count). The van der Waals surface area contributed by atoms with Gasteiger partial charge in [0.1, 0.15) is 5.75 Å². The molecule has 4 N–H and O–H groups in total. The van der Waals surface area contributed by atoms with E-state index in [1.165, 1.54) is 49.6 Å². The third-order valence-electron chi connectivity index (χ3n) is 5.99. The van der Waals surface area contributed by atoms with Crippen LogP contribution < -0.4 is 25.7 Å². The summed E-state index contributed by atoms with van der Waals surface area (Å²) in [7, 11) is 1.37. The Hall–Kier alpha value is -4.81. The normalized spacial score (nSPS) is 11.8. The Morgan fingerprint density at radius 2 is 1.60 bits per heavy atom. The number of esters is 2. The van der Waals surface area contributed by atoms with Gasteiger partial charge in [-0.05, 0) is 78.2 Å². The molecule has 0 aromatic heterocycles. The molecule has 0 bridgehead atoms. The van der Waals surface area contributed by atoms with Crippen molar-refractivity contribution in [3.63, 3.8) is 0 Å². The molecule has 8 nitrogen and oxygen atoms in total. The summed E-state index contributed by atoms with van der Waals surface area (Å²) in [4.78, 5) is 24.7. The lowest BCUT2D eigenvalue weighted by Gasteiger charge is -2.19. The number of carbonyl (C=O) groups excluding carboxylic acids is 2. The van der Waals surface area contributed by atoms with Crippen molar-refractivity contribution >= 4 is 29.4 Å². The number of nitrogen functional groups attached to an aromatic ring is 2. The van der Waals surface area contributed by atoms with Crippen molar-refractivity contribution in [2.75, 3.05) is 31.8 Å². The molecule has 0 saturated heterocycles. The summed E-state index contributed by atoms with van der Waals surface area (Å²) in [6.45, 7) is -0.271. The second-order valence-electron chi connectivity index (χ2n) is 9.19. The molecule has 0 fully saturated rings. The number of alkyl halides is 5. The monoisotopic (exact) mass is 608 g/mol. The summed E-state index contributed by atoms with van der Waals surface area (Å²) < 4.78 is 83.7. The highest BCUT2D eigenvalue weighted by molar-refractivity contribution is 5.91. The van der Waals surface area contributed by atoms with Gasteiger partial charge in [0.25, 0.3) is 0 Å². The predicted octanol–water partition coefficient (Wildman–Crippen LogP) is 6.23. The average molecular weight is 609 g/mol. The Morgan fingerprint density at radius 3 is 2.28 bits per heavy atom. The molecule has 0 amide bonds. The molecular formula is C30H29F5N2O6. The molecule has 0 aliphatic heterocycles. The molecule has 0 radical (unpaired) electrons. The SMILES string of the molecule is COc1cc(/C=C/C(=O)OCCc2cc(N)ccc2N)ccc1OC(=O)c1ccc(OCCCC(F)(F)C(F)(F)F)cc1. The van der Waals surface area contributed by atoms with Gasteiger partial charge in [0.2, 0.25) is 0 Å². The number of carbonyl (C=O) groups is 2. The van der Waals surface area contributed by atoms with Gasteiger partial charge in [-0.2, -0.15) is 22.0 Å². The van der Waals surface area contributed by atoms with E-state index in [-0.39, 0.29) is 36.0 Å². The van der Waals surface area contributed by atoms with Crippen LogP contribution in [0.5, 0.6) is 17.2 Å². The fourth-order valence-electron chi connectivity index (χ4n) is 3.66. The molecular weight excluding hydrogens is 579 g/mol. The van der Waals surface area contributed by atoms with E-state index >= 15 is 0 Å². The first-order valence-corrected chi connectivity index (χ1v) is 12.9. The van der Waals surface area contributed by atoms with Gasteiger partial charge in [0, 0.05) is 30.3 Å². The van der Waals surface area contributed by atoms with Gasteiger partial charge < -0.3 is 30.4 Å². The van der Waals surface area contributed by atoms with E-state index in [1.807, 2.05) is 0 Å². The predicted molar refractivity (Wildman–Crippen MR) is 149 cm³/mol. The van der Waals surface area contributed by atoms with Crippen molar-refractivity contribution < 1.29 is 50.5 Å². The van der Waals surface area contributed by atoms with Crippen LogP contribution in [-0.2, 0) is 16.0 Å². The van der Waals surface area contributed by atoms with Crippen molar-refractivity contribution in [2.24, 2.45) is 0 Å². The lowest BCUT2D eigenvalue weighted by atomic mass is 10.1. The van der Waals surface area contributed by atoms with Crippen molar-refractivity contribution in [3.05, 3.63) is 83.4 Å². The number of ether oxygens (including phenoxy) is 4. The minimum atomic E-state index is -5.61. The third-order valence-corrected chi connectivity index (χ3v) is 5.99. The highest BCUT2D eigenvalue weighted by Crippen LogP contribution is 2.38. The van der Waals surface area contributed by atoms with E-state index in [9.17, 15) is 31.5 Å². The van der Waals surface area contributed by atoms with E-state index in [0.717, 1.165) is 5.56 Å². The van der Waals surface area contributed by atoms with Gasteiger partial charge in [0.15, 0.2) is 11.5 Å². The average Bonchev–Trinajstić information content (AvgIpc) is 2.96. The number of hydrogen-bond donors (Lipinski definition) is 2. The Bertz CT molecular complexity index is 1440. The zero-order valence-corrected chi connectivity index (χ0v) is 23.0. The number of methoxy groups -OCH3 is 1. The van der Waals surface area contributed by atoms with Crippen LogP contribution in [0.1, 0.15) is 34.3 Å². The van der Waals surface area contributed by atoms with Crippen LogP contribution in [0.4, 0.5) is 33.3 Å². The first kappa shape index (κ1) is 32.7. The van der Waals surface area contributed by atoms with Gasteiger partial charge in [0.05, 0.1) is 25.9 Å². The number of rotatable bonds is 13. The summed E-state index contributed by atoms with van der Waals surface area (Å²) in [6, 6.07) is 15.1. The highest BCUT2D eigenvalue weighted by atomic mass is 19.4. The van der Waals surface area contributed by atoms with Crippen molar-refractivity contribution in [3.8, 4) is 17.2 Å². The maximum absolute atomic E-state index is 13.0. The number of halogens is 5. The molecule has 3 aromatic rings. The second-order valence-corrected chi connectivity index (χ2v) is 9.19. The standard InChI is InChI=1S/C30H29F5N2O6/c1-40-26-17-19(4-12-27(38)42-16-13-21-18-22(36)7-10-24(21)37)3-11-25(26)43-28(39)20-5-8-23(9-6-20)41-15-2-14-29(31,32)30(33,34)35/h3-12,17-18H,2,13-16,36-37H2,1H3/b12-4+. The minimum Gasteiger partial charge on any atom is -0.494 e. The number of nitrogens with two attached hydrogens (primary N) is 2. The van der Waals surface area contributed by atoms with Crippen molar-refractivity contribution in [1.29, 1.82) is 0 Å². The fourth-order valence-corrected chi connectivity index (χ4v) is 3.66. The fraction of sp³-hybridized carbons (Fsp3) is 0.267. The van der Waals surface area contributed by atoms with Crippen LogP contribution in [0.25, 0.3) is 6.08 Å². The Balaban J connectivity index is 1.50. The topological polar surface area (TPSA) is 123 Å². The van der Waals surface area contributed by atoms with E-state index in [0.29, 0.717) is 23.4 Å². The lowest BCUT2D eigenvalue weighted by Crippen LogP contribution is -2.36. The third kappa shape index (κ3) is 9.62. The van der Waals surface area contributed by atoms with E-state index in [4.69, 9.17) is 30.4 Å². The maximum Gasteiger partial charge on any atom is 0.453 e. The molecule has 3 aromatic carbocycles. The second kappa shape index (κ2) is 14.4. The zero-order valence-electron chi connectivity index (χ0n) is 23.0. The number of hydrogen-bond acceptors (Lipinski definition) is 8. The Morgan fingerprint density at radius 1 is 0.884 bits per heavy atom. The zero-order chi connectivity index (χ0) is 31.6. The van der Waals surface area contributed by atoms with Crippen LogP contribution in [-0.4, -0.2) is 44.4 Å². The maximum atomic E-state index is 13.0. The van der Waals surface area contributed by atoms with Crippen molar-refractivity contribution in [2.45, 2.75) is 31.4 Å². The number of anilines is 2. The van der Waals surface area contributed by atoms with Crippen LogP contribution in [0.2, 0.25) is 0 Å². The smallest absolute Gasteiger partial charge is 0.453 e. The molecule has 0 spiro atoms. The molecule has 230 valence electrons. The summed E-state index contributed by atoms with van der Waals surface area (Å²) in [5.41, 5.74) is 14.2. The van der Waals surface area contributed by atoms with Crippen LogP contribution in [0.15, 0.2) is 66.7 Å². The first-order chi connectivity index (χ1) is 20.3. The Kier molecular flexibility index (Phi) is 10.9. The van der Waals surface area contributed by atoms with Gasteiger partial charge in [-0.3, -0.25) is 0 Å². The quantitative estimate of drug-likeness (QED) is 0.0585. The first-order valence-electron chi connectivity index (χ1n) is 12.9. The number of benzene rings is 3. The van der Waals surface area contributed by atoms with Gasteiger partial charge >= 0.3 is 24.0 Å². The molecule has 13 heteroatoms. The highest BCUT2D eigenvalue weighted by Gasteiger charge is 2.56. The Labute approximate surface area is 244 Å². The summed E-state index contributed by atoms with van der Waals surface area (Å²) in [6.07, 6.45) is -4.42. The van der Waals surface area contributed by atoms with Crippen LogP contribution >= 0.6 is 0 Å². The summed E-state index contributed by atoms with van der Waals surface area (Å²) >= 11 is 0. The van der Waals surface area contributed by atoms with Crippen molar-refractivity contribution in [1.82, 2.24) is 0 Å². The summed E-state index contributed by atoms with van der Waals surface area (Å²) in [5, 5.41) is 0. The lowest BCUT2D eigenvalue weighted by molar-refractivity contribution is -0.284. The van der Waals surface area contributed by atoms with Gasteiger partial charge in [-0.1, -0.05) is 6.07 Å². The van der Waals surface area contributed by atoms with Gasteiger partial charge in [-0.25, -0.2) is 9.59 Å². The molecule has 0 aliphatic carbocycles. The molecule has 43 heavy (non-hydrogen) atoms. The van der Waals surface area contributed by atoms with E-state index in [1.54, 1.807) is 30.3 Å². The van der Waals surface area contributed by atoms with E-state index in [2.05, 4.69) is 0 Å². The molecule has 0 heterocycles. The summed E-state index contributed by atoms with van der Waals surface area (Å²) in [5.74, 6) is -5.64. The molecule has 0 aliphatic rings. The van der Waals surface area contributed by atoms with Crippen LogP contribution in [0, 0.1) is 0 Å². The van der Waals surface area contributed by atoms with Gasteiger partial charge in [-0.15, -0.1) is 0 Å². The minimum absolute atomic E-state index is 0.0952. The van der Waals surface area contributed by atoms with Crippen LogP contribution in [0.3, 0.4) is 0 Å². The molecule has 0 saturated carbocycles. The molecule has 0 atom stereocenters. The van der Waals surface area contributed by atoms with E-state index < -0.39 is 36.9 Å². The molecule has 0 unspecified atom stereocenters. The largest absolute Gasteiger partial charge is 0.494 e.